The minimum Gasteiger partial charge on any atom is -0.480 e. The first-order valence-corrected chi connectivity index (χ1v) is 8.84. The molecule has 0 aromatic heterocycles. The van der Waals surface area contributed by atoms with Crippen LogP contribution in [0.1, 0.15) is 52.4 Å². The van der Waals surface area contributed by atoms with Gasteiger partial charge in [-0.1, -0.05) is 19.3 Å². The summed E-state index contributed by atoms with van der Waals surface area (Å²) in [4.78, 5) is 47.5. The summed E-state index contributed by atoms with van der Waals surface area (Å²) >= 11 is 0. The molecule has 1 aliphatic rings. The monoisotopic (exact) mass is 355 g/mol. The van der Waals surface area contributed by atoms with Crippen LogP contribution in [-0.2, 0) is 19.2 Å². The molecule has 0 radical (unpaired) electrons. The van der Waals surface area contributed by atoms with E-state index in [2.05, 4.69) is 10.6 Å². The minimum absolute atomic E-state index is 0.0738. The predicted molar refractivity (Wildman–Crippen MR) is 91.7 cm³/mol. The normalized spacial score (nSPS) is 15.9. The van der Waals surface area contributed by atoms with Crippen molar-refractivity contribution in [2.24, 2.45) is 5.92 Å². The summed E-state index contributed by atoms with van der Waals surface area (Å²) in [6, 6.07) is -1.03. The van der Waals surface area contributed by atoms with Gasteiger partial charge in [-0.05, 0) is 25.7 Å². The molecule has 8 heteroatoms. The quantitative estimate of drug-likeness (QED) is 0.557. The fourth-order valence-corrected chi connectivity index (χ4v) is 3.02. The number of hydrogen-bond acceptors (Lipinski definition) is 4. The lowest BCUT2D eigenvalue weighted by Crippen LogP contribution is -2.50. The first-order chi connectivity index (χ1) is 11.8. The number of rotatable bonds is 9. The Bertz CT molecular complexity index is 489. The van der Waals surface area contributed by atoms with Gasteiger partial charge in [-0.3, -0.25) is 14.4 Å². The van der Waals surface area contributed by atoms with E-state index in [0.29, 0.717) is 12.3 Å². The van der Waals surface area contributed by atoms with Crippen LogP contribution in [0.15, 0.2) is 0 Å². The Hall–Kier alpha value is -2.12. The maximum absolute atomic E-state index is 12.3. The number of nitrogens with one attached hydrogen (secondary N) is 2. The van der Waals surface area contributed by atoms with E-state index in [-0.39, 0.29) is 31.4 Å². The summed E-state index contributed by atoms with van der Waals surface area (Å²) in [5.41, 5.74) is 0. The fraction of sp³-hybridized carbons (Fsp3) is 0.765. The molecular weight excluding hydrogens is 326 g/mol. The minimum atomic E-state index is -1.13. The van der Waals surface area contributed by atoms with Crippen LogP contribution in [0.3, 0.4) is 0 Å². The zero-order valence-electron chi connectivity index (χ0n) is 15.0. The maximum Gasteiger partial charge on any atom is 0.326 e. The van der Waals surface area contributed by atoms with Crippen LogP contribution in [0, 0.1) is 5.92 Å². The van der Waals surface area contributed by atoms with E-state index in [1.807, 2.05) is 0 Å². The summed E-state index contributed by atoms with van der Waals surface area (Å²) in [6.45, 7) is 2.75. The van der Waals surface area contributed by atoms with Crippen LogP contribution in [0.2, 0.25) is 0 Å². The number of carbonyl (C=O) groups is 4. The second-order valence-corrected chi connectivity index (χ2v) is 6.57. The Morgan fingerprint density at radius 2 is 1.76 bits per heavy atom. The van der Waals surface area contributed by atoms with Gasteiger partial charge in [0, 0.05) is 26.4 Å². The smallest absolute Gasteiger partial charge is 0.326 e. The number of aliphatic carboxylic acids is 1. The number of carbonyl (C=O) groups excluding carboxylic acids is 3. The molecule has 3 N–H and O–H groups in total. The van der Waals surface area contributed by atoms with Gasteiger partial charge in [0.1, 0.15) is 6.04 Å². The number of amides is 3. The summed E-state index contributed by atoms with van der Waals surface area (Å²) in [7, 11) is 0. The lowest BCUT2D eigenvalue weighted by atomic mass is 9.87. The zero-order chi connectivity index (χ0) is 18.8. The summed E-state index contributed by atoms with van der Waals surface area (Å²) in [6.07, 6.45) is 6.00. The highest BCUT2D eigenvalue weighted by molar-refractivity contribution is 5.88. The standard InChI is InChI=1S/C17H29N3O5/c1-12(17(24)25)20(9-8-18-13(2)21)16(23)11-19-15(22)10-14-6-4-3-5-7-14/h12,14H,3-11H2,1-2H3,(H,18,21)(H,19,22)(H,24,25). The molecule has 1 aliphatic carbocycles. The van der Waals surface area contributed by atoms with Crippen LogP contribution >= 0.6 is 0 Å². The van der Waals surface area contributed by atoms with Crippen LogP contribution in [0.5, 0.6) is 0 Å². The molecule has 8 nitrogen and oxygen atoms in total. The van der Waals surface area contributed by atoms with Crippen molar-refractivity contribution in [3.8, 4) is 0 Å². The third kappa shape index (κ3) is 8.00. The van der Waals surface area contributed by atoms with Crippen molar-refractivity contribution >= 4 is 23.7 Å². The third-order valence-electron chi connectivity index (χ3n) is 4.51. The van der Waals surface area contributed by atoms with E-state index in [0.717, 1.165) is 30.6 Å². The Labute approximate surface area is 148 Å². The van der Waals surface area contributed by atoms with E-state index in [4.69, 9.17) is 5.11 Å². The molecule has 0 aromatic rings. The van der Waals surface area contributed by atoms with Crippen molar-refractivity contribution < 1.29 is 24.3 Å². The topological polar surface area (TPSA) is 116 Å². The highest BCUT2D eigenvalue weighted by Gasteiger charge is 2.25. The summed E-state index contributed by atoms with van der Waals surface area (Å²) in [5, 5.41) is 14.3. The van der Waals surface area contributed by atoms with Crippen LogP contribution in [0.25, 0.3) is 0 Å². The van der Waals surface area contributed by atoms with Crippen molar-refractivity contribution in [2.45, 2.75) is 58.4 Å². The molecule has 0 aliphatic heterocycles. The van der Waals surface area contributed by atoms with Crippen molar-refractivity contribution in [3.05, 3.63) is 0 Å². The highest BCUT2D eigenvalue weighted by atomic mass is 16.4. The lowest BCUT2D eigenvalue weighted by Gasteiger charge is -2.27. The van der Waals surface area contributed by atoms with Crippen LogP contribution in [0.4, 0.5) is 0 Å². The average Bonchev–Trinajstić information content (AvgIpc) is 2.56. The SMILES string of the molecule is CC(=O)NCCN(C(=O)CNC(=O)CC1CCCCC1)C(C)C(=O)O. The van der Waals surface area contributed by atoms with Gasteiger partial charge in [0.05, 0.1) is 6.54 Å². The molecule has 0 bridgehead atoms. The lowest BCUT2D eigenvalue weighted by molar-refractivity contribution is -0.149. The molecular formula is C17H29N3O5. The van der Waals surface area contributed by atoms with Crippen LogP contribution in [-0.4, -0.2) is 59.4 Å². The Morgan fingerprint density at radius 3 is 2.32 bits per heavy atom. The second kappa shape index (κ2) is 10.7. The average molecular weight is 355 g/mol. The van der Waals surface area contributed by atoms with Gasteiger partial charge in [-0.25, -0.2) is 4.79 Å². The molecule has 1 rings (SSSR count). The largest absolute Gasteiger partial charge is 0.480 e. The van der Waals surface area contributed by atoms with E-state index in [1.54, 1.807) is 0 Å². The van der Waals surface area contributed by atoms with Gasteiger partial charge >= 0.3 is 5.97 Å². The molecule has 1 atom stereocenters. The number of carboxylic acid groups (broad SMARTS) is 1. The van der Waals surface area contributed by atoms with Crippen molar-refractivity contribution in [1.29, 1.82) is 0 Å². The predicted octanol–water partition coefficient (Wildman–Crippen LogP) is 0.511. The van der Waals surface area contributed by atoms with Gasteiger partial charge in [0.15, 0.2) is 0 Å². The molecule has 0 saturated heterocycles. The fourth-order valence-electron chi connectivity index (χ4n) is 3.02. The first kappa shape index (κ1) is 20.9. The van der Waals surface area contributed by atoms with E-state index in [1.165, 1.54) is 20.3 Å². The molecule has 1 unspecified atom stereocenters. The number of nitrogens with zero attached hydrogens (tertiary/aromatic N) is 1. The van der Waals surface area contributed by atoms with E-state index >= 15 is 0 Å². The molecule has 1 saturated carbocycles. The van der Waals surface area contributed by atoms with Crippen LogP contribution < -0.4 is 10.6 Å². The van der Waals surface area contributed by atoms with Gasteiger partial charge in [0.2, 0.25) is 17.7 Å². The first-order valence-electron chi connectivity index (χ1n) is 8.84. The van der Waals surface area contributed by atoms with E-state index < -0.39 is 17.9 Å². The molecule has 3 amide bonds. The summed E-state index contributed by atoms with van der Waals surface area (Å²) < 4.78 is 0. The molecule has 0 heterocycles. The molecule has 0 spiro atoms. The Balaban J connectivity index is 2.47. The number of carboxylic acids is 1. The van der Waals surface area contributed by atoms with Crippen molar-refractivity contribution in [1.82, 2.24) is 15.5 Å². The highest BCUT2D eigenvalue weighted by Crippen LogP contribution is 2.25. The molecule has 25 heavy (non-hydrogen) atoms. The van der Waals surface area contributed by atoms with E-state index in [9.17, 15) is 19.2 Å². The second-order valence-electron chi connectivity index (χ2n) is 6.57. The Morgan fingerprint density at radius 1 is 1.12 bits per heavy atom. The van der Waals surface area contributed by atoms with Gasteiger partial charge in [0.25, 0.3) is 0 Å². The van der Waals surface area contributed by atoms with Gasteiger partial charge in [-0.2, -0.15) is 0 Å². The third-order valence-corrected chi connectivity index (χ3v) is 4.51. The van der Waals surface area contributed by atoms with Crippen molar-refractivity contribution in [3.63, 3.8) is 0 Å². The molecule has 142 valence electrons. The van der Waals surface area contributed by atoms with Crippen molar-refractivity contribution in [2.75, 3.05) is 19.6 Å². The molecule has 0 aromatic carbocycles. The summed E-state index contributed by atoms with van der Waals surface area (Å²) in [5.74, 6) is -1.67. The maximum atomic E-state index is 12.3. The zero-order valence-corrected chi connectivity index (χ0v) is 15.0. The molecule has 1 fully saturated rings. The van der Waals surface area contributed by atoms with Gasteiger partial charge < -0.3 is 20.6 Å². The Kier molecular flexibility index (Phi) is 8.94. The number of hydrogen-bond donors (Lipinski definition) is 3. The van der Waals surface area contributed by atoms with Gasteiger partial charge in [-0.15, -0.1) is 0 Å².